The summed E-state index contributed by atoms with van der Waals surface area (Å²) in [4.78, 5) is 36.3. The Morgan fingerprint density at radius 3 is 2.53 bits per heavy atom. The van der Waals surface area contributed by atoms with E-state index in [4.69, 9.17) is 10.5 Å². The minimum absolute atomic E-state index is 0.179. The minimum atomic E-state index is -1.13. The highest BCUT2D eigenvalue weighted by Crippen LogP contribution is 2.44. The number of nitrogens with one attached hydrogen (secondary N) is 1. The fourth-order valence-electron chi connectivity index (χ4n) is 4.32. The zero-order valence-electron chi connectivity index (χ0n) is 18.7. The molecule has 0 bridgehead atoms. The Hall–Kier alpha value is -3.35. The first-order valence-corrected chi connectivity index (χ1v) is 10.7. The third-order valence-corrected chi connectivity index (χ3v) is 5.80. The van der Waals surface area contributed by atoms with Gasteiger partial charge in [-0.05, 0) is 68.7 Å². The van der Waals surface area contributed by atoms with Crippen LogP contribution in [0.3, 0.4) is 0 Å². The maximum absolute atomic E-state index is 12.7. The third kappa shape index (κ3) is 4.93. The topological polar surface area (TPSA) is 119 Å². The summed E-state index contributed by atoms with van der Waals surface area (Å²) in [6.45, 7) is 5.14. The number of alkyl carbamates (subject to hydrolysis) is 1. The van der Waals surface area contributed by atoms with Crippen LogP contribution in [-0.4, -0.2) is 34.7 Å². The molecule has 170 valence electrons. The molecule has 32 heavy (non-hydrogen) atoms. The summed E-state index contributed by atoms with van der Waals surface area (Å²) in [5.41, 5.74) is 8.02. The van der Waals surface area contributed by atoms with Gasteiger partial charge in [-0.15, -0.1) is 0 Å². The van der Waals surface area contributed by atoms with Crippen LogP contribution in [0.1, 0.15) is 55.9 Å². The van der Waals surface area contributed by atoms with Gasteiger partial charge in [0.25, 0.3) is 0 Å². The molecule has 1 aliphatic rings. The predicted octanol–water partition coefficient (Wildman–Crippen LogP) is 3.31. The predicted molar refractivity (Wildman–Crippen MR) is 120 cm³/mol. The molecule has 0 fully saturated rings. The Morgan fingerprint density at radius 2 is 1.88 bits per heavy atom. The van der Waals surface area contributed by atoms with Crippen LogP contribution in [0.4, 0.5) is 4.79 Å². The van der Waals surface area contributed by atoms with Gasteiger partial charge in [0.2, 0.25) is 5.91 Å². The number of carboxylic acids is 1. The second-order valence-corrected chi connectivity index (χ2v) is 9.20. The molecular weight excluding hydrogens is 408 g/mol. The molecule has 2 amide bonds. The molecule has 0 saturated heterocycles. The summed E-state index contributed by atoms with van der Waals surface area (Å²) in [6, 6.07) is 14.3. The number of aliphatic carboxylic acids is 1. The highest BCUT2D eigenvalue weighted by molar-refractivity contribution is 5.92. The number of amides is 2. The summed E-state index contributed by atoms with van der Waals surface area (Å²) >= 11 is 0. The number of primary amides is 1. The van der Waals surface area contributed by atoms with Crippen LogP contribution in [0.25, 0.3) is 0 Å². The molecule has 7 heteroatoms. The largest absolute Gasteiger partial charge is 0.480 e. The quantitative estimate of drug-likeness (QED) is 0.613. The van der Waals surface area contributed by atoms with Gasteiger partial charge < -0.3 is 20.9 Å². The first-order chi connectivity index (χ1) is 15.0. The van der Waals surface area contributed by atoms with Crippen molar-refractivity contribution < 1.29 is 24.2 Å². The molecule has 0 saturated carbocycles. The molecule has 0 heterocycles. The molecule has 0 spiro atoms. The van der Waals surface area contributed by atoms with E-state index in [2.05, 4.69) is 5.32 Å². The van der Waals surface area contributed by atoms with E-state index in [-0.39, 0.29) is 6.42 Å². The van der Waals surface area contributed by atoms with E-state index in [1.165, 1.54) is 0 Å². The summed E-state index contributed by atoms with van der Waals surface area (Å²) in [5.74, 6) is -1.53. The maximum Gasteiger partial charge on any atom is 0.408 e. The summed E-state index contributed by atoms with van der Waals surface area (Å²) in [7, 11) is 0. The van der Waals surface area contributed by atoms with Crippen molar-refractivity contribution in [3.05, 3.63) is 70.8 Å². The molecule has 4 N–H and O–H groups in total. The Morgan fingerprint density at radius 1 is 1.16 bits per heavy atom. The molecule has 2 aromatic carbocycles. The van der Waals surface area contributed by atoms with E-state index < -0.39 is 35.0 Å². The second kappa shape index (κ2) is 9.02. The van der Waals surface area contributed by atoms with Crippen molar-refractivity contribution in [2.45, 2.75) is 63.5 Å². The van der Waals surface area contributed by atoms with Crippen molar-refractivity contribution >= 4 is 18.0 Å². The number of rotatable bonds is 7. The monoisotopic (exact) mass is 438 g/mol. The Labute approximate surface area is 188 Å². The summed E-state index contributed by atoms with van der Waals surface area (Å²) < 4.78 is 5.17. The van der Waals surface area contributed by atoms with Gasteiger partial charge in [-0.3, -0.25) is 4.79 Å². The number of carbonyl (C=O) groups excluding carboxylic acids is 2. The zero-order valence-corrected chi connectivity index (χ0v) is 18.7. The lowest BCUT2D eigenvalue weighted by Crippen LogP contribution is -2.43. The van der Waals surface area contributed by atoms with Gasteiger partial charge in [-0.2, -0.15) is 0 Å². The minimum Gasteiger partial charge on any atom is -0.480 e. The molecule has 2 aromatic rings. The van der Waals surface area contributed by atoms with Gasteiger partial charge in [-0.25, -0.2) is 9.59 Å². The average molecular weight is 439 g/mol. The van der Waals surface area contributed by atoms with Crippen LogP contribution in [-0.2, 0) is 32.6 Å². The van der Waals surface area contributed by atoms with E-state index in [1.807, 2.05) is 48.5 Å². The van der Waals surface area contributed by atoms with E-state index >= 15 is 0 Å². The van der Waals surface area contributed by atoms with Crippen molar-refractivity contribution in [1.29, 1.82) is 0 Å². The summed E-state index contributed by atoms with van der Waals surface area (Å²) in [6.07, 6.45) is 1.18. The van der Waals surface area contributed by atoms with Gasteiger partial charge in [0.15, 0.2) is 0 Å². The van der Waals surface area contributed by atoms with Gasteiger partial charge in [0, 0.05) is 0 Å². The number of carbonyl (C=O) groups is 3. The smallest absolute Gasteiger partial charge is 0.408 e. The number of nitrogens with two attached hydrogens (primary N) is 1. The zero-order chi connectivity index (χ0) is 23.5. The molecule has 1 unspecified atom stereocenters. The third-order valence-electron chi connectivity index (χ3n) is 5.80. The number of benzene rings is 2. The number of carboxylic acid groups (broad SMARTS) is 1. The number of hydrogen-bond acceptors (Lipinski definition) is 4. The molecule has 0 aromatic heterocycles. The van der Waals surface area contributed by atoms with Crippen molar-refractivity contribution in [3.63, 3.8) is 0 Å². The van der Waals surface area contributed by atoms with E-state index in [0.717, 1.165) is 28.7 Å². The first-order valence-electron chi connectivity index (χ1n) is 10.7. The van der Waals surface area contributed by atoms with Crippen LogP contribution in [0.2, 0.25) is 0 Å². The van der Waals surface area contributed by atoms with E-state index in [1.54, 1.807) is 20.8 Å². The fraction of sp³-hybridized carbons (Fsp3) is 0.400. The molecule has 3 rings (SSSR count). The van der Waals surface area contributed by atoms with Crippen molar-refractivity contribution in [1.82, 2.24) is 5.32 Å². The molecule has 0 radical (unpaired) electrons. The van der Waals surface area contributed by atoms with Gasteiger partial charge >= 0.3 is 12.1 Å². The molecule has 2 atom stereocenters. The average Bonchev–Trinajstić information content (AvgIpc) is 3.10. The van der Waals surface area contributed by atoms with Crippen molar-refractivity contribution in [2.75, 3.05) is 0 Å². The molecule has 7 nitrogen and oxygen atoms in total. The molecule has 0 aliphatic heterocycles. The second-order valence-electron chi connectivity index (χ2n) is 9.20. The SMILES string of the molecule is CC(C)(C)OC(=O)N[C@@H](CCc1cccc(C2(C(N)=O)CCc3ccccc32)c1)C(=O)O. The Bertz CT molecular complexity index is 1030. The number of aryl methyl sites for hydroxylation is 2. The number of fused-ring (bicyclic) bond motifs is 1. The lowest BCUT2D eigenvalue weighted by molar-refractivity contribution is -0.139. The van der Waals surface area contributed by atoms with E-state index in [9.17, 15) is 19.5 Å². The Balaban J connectivity index is 1.79. The van der Waals surface area contributed by atoms with Crippen molar-refractivity contribution in [2.24, 2.45) is 5.73 Å². The normalized spacial score (nSPS) is 18.5. The lowest BCUT2D eigenvalue weighted by atomic mass is 9.74. The molecule has 1 aliphatic carbocycles. The highest BCUT2D eigenvalue weighted by atomic mass is 16.6. The maximum atomic E-state index is 12.7. The van der Waals surface area contributed by atoms with Crippen molar-refractivity contribution in [3.8, 4) is 0 Å². The number of hydrogen-bond donors (Lipinski definition) is 3. The van der Waals surface area contributed by atoms with Crippen LogP contribution in [0.15, 0.2) is 48.5 Å². The summed E-state index contributed by atoms with van der Waals surface area (Å²) in [5, 5.41) is 11.9. The van der Waals surface area contributed by atoms with Gasteiger partial charge in [-0.1, -0.05) is 48.5 Å². The van der Waals surface area contributed by atoms with Gasteiger partial charge in [0.05, 0.1) is 5.41 Å². The van der Waals surface area contributed by atoms with Crippen LogP contribution >= 0.6 is 0 Å². The standard InChI is InChI=1S/C25H30N2O5/c1-24(2,3)32-23(31)27-20(21(28)29)12-11-16-7-6-9-18(15-16)25(22(26)30)14-13-17-8-4-5-10-19(17)25/h4-10,15,20H,11-14H2,1-3H3,(H2,26,30)(H,27,31)(H,28,29)/t20-,25?/m0/s1. The lowest BCUT2D eigenvalue weighted by Gasteiger charge is -2.28. The Kier molecular flexibility index (Phi) is 6.57. The van der Waals surface area contributed by atoms with Crippen LogP contribution in [0.5, 0.6) is 0 Å². The van der Waals surface area contributed by atoms with Crippen LogP contribution < -0.4 is 11.1 Å². The highest BCUT2D eigenvalue weighted by Gasteiger charge is 2.45. The first kappa shape index (κ1) is 23.3. The van der Waals surface area contributed by atoms with Crippen LogP contribution in [0, 0.1) is 0 Å². The van der Waals surface area contributed by atoms with Gasteiger partial charge in [0.1, 0.15) is 11.6 Å². The number of ether oxygens (including phenoxy) is 1. The van der Waals surface area contributed by atoms with E-state index in [0.29, 0.717) is 12.8 Å². The molecular formula is C25H30N2O5. The fourth-order valence-corrected chi connectivity index (χ4v) is 4.32.